The first kappa shape index (κ1) is 61.1. The molecule has 0 spiro atoms. The molecule has 0 radical (unpaired) electrons. The Balaban J connectivity index is 4.48. The minimum Gasteiger partial charge on any atom is -0.462 e. The molecule has 0 aromatic rings. The van der Waals surface area contributed by atoms with E-state index < -0.39 is 6.10 Å². The number of ether oxygens (including phenoxy) is 3. The van der Waals surface area contributed by atoms with E-state index in [2.05, 4.69) is 130 Å². The lowest BCUT2D eigenvalue weighted by Gasteiger charge is -2.18. The van der Waals surface area contributed by atoms with Gasteiger partial charge in [-0.25, -0.2) is 0 Å². The zero-order valence-electron chi connectivity index (χ0n) is 42.0. The molecule has 368 valence electrons. The van der Waals surface area contributed by atoms with Crippen LogP contribution in [0, 0.1) is 0 Å². The predicted octanol–water partition coefficient (Wildman–Crippen LogP) is 17.5. The SMILES string of the molecule is CC/C=C\C/C=C\C/C=C\C/C=C\CCCCCCC(=O)OCC(COC(=O)CCCCCCC/C=C\C/C=C\CCC)OC(=O)CCCCCCCCC/C=C\C/C=C\C/C=C\CC. The third-order valence-electron chi connectivity index (χ3n) is 10.7. The third kappa shape index (κ3) is 50.9. The van der Waals surface area contributed by atoms with Crippen LogP contribution in [-0.4, -0.2) is 37.2 Å². The van der Waals surface area contributed by atoms with Gasteiger partial charge in [-0.3, -0.25) is 14.4 Å². The largest absolute Gasteiger partial charge is 0.462 e. The maximum atomic E-state index is 12.8. The summed E-state index contributed by atoms with van der Waals surface area (Å²) < 4.78 is 16.8. The summed E-state index contributed by atoms with van der Waals surface area (Å²) in [5.41, 5.74) is 0. The molecule has 0 saturated carbocycles. The van der Waals surface area contributed by atoms with E-state index in [4.69, 9.17) is 14.2 Å². The zero-order valence-corrected chi connectivity index (χ0v) is 42.0. The summed E-state index contributed by atoms with van der Waals surface area (Å²) in [4.78, 5) is 38.0. The Bertz CT molecular complexity index is 1360. The minimum atomic E-state index is -0.801. The topological polar surface area (TPSA) is 78.9 Å². The van der Waals surface area contributed by atoms with Gasteiger partial charge in [0.15, 0.2) is 6.10 Å². The van der Waals surface area contributed by atoms with Crippen LogP contribution in [-0.2, 0) is 28.6 Å². The Kier molecular flexibility index (Phi) is 49.5. The standard InChI is InChI=1S/C59H96O6/c1-4-7-10-13-16-19-22-25-27-29-31-34-37-40-43-46-49-52-58(61)64-55-56(54-63-57(60)51-48-45-42-39-36-33-24-21-18-15-12-9-6-3)65-59(62)53-50-47-44-41-38-35-32-30-28-26-23-20-17-14-11-8-5-2/h7-8,10-12,15-17,19-21,24-28,31,34,56H,4-6,9,13-14,18,22-23,29-30,32-33,35-55H2,1-3H3/b10-7-,11-8-,15-12-,19-16-,20-17-,24-21-,27-25-,28-26-,34-31-. The van der Waals surface area contributed by atoms with Crippen molar-refractivity contribution in [2.24, 2.45) is 0 Å². The monoisotopic (exact) mass is 901 g/mol. The highest BCUT2D eigenvalue weighted by Gasteiger charge is 2.19. The summed E-state index contributed by atoms with van der Waals surface area (Å²) >= 11 is 0. The van der Waals surface area contributed by atoms with Crippen LogP contribution in [0.4, 0.5) is 0 Å². The first-order valence-corrected chi connectivity index (χ1v) is 26.4. The second kappa shape index (κ2) is 52.7. The number of rotatable bonds is 46. The lowest BCUT2D eigenvalue weighted by molar-refractivity contribution is -0.167. The molecule has 0 aliphatic carbocycles. The highest BCUT2D eigenvalue weighted by molar-refractivity contribution is 5.71. The molecule has 0 saturated heterocycles. The lowest BCUT2D eigenvalue weighted by Crippen LogP contribution is -2.30. The fourth-order valence-electron chi connectivity index (χ4n) is 6.84. The molecule has 0 aromatic heterocycles. The zero-order chi connectivity index (χ0) is 47.2. The molecule has 0 aliphatic rings. The van der Waals surface area contributed by atoms with Gasteiger partial charge in [0, 0.05) is 19.3 Å². The summed E-state index contributed by atoms with van der Waals surface area (Å²) in [5.74, 6) is -0.951. The molecule has 1 atom stereocenters. The Morgan fingerprint density at radius 3 is 0.938 bits per heavy atom. The molecule has 0 bridgehead atoms. The molecule has 6 nitrogen and oxygen atoms in total. The van der Waals surface area contributed by atoms with E-state index in [-0.39, 0.29) is 31.1 Å². The average Bonchev–Trinajstić information content (AvgIpc) is 3.30. The number of hydrogen-bond donors (Lipinski definition) is 0. The van der Waals surface area contributed by atoms with Crippen molar-refractivity contribution in [2.45, 2.75) is 232 Å². The number of carbonyl (C=O) groups is 3. The molecule has 0 fully saturated rings. The molecule has 1 unspecified atom stereocenters. The van der Waals surface area contributed by atoms with Crippen LogP contribution < -0.4 is 0 Å². The van der Waals surface area contributed by atoms with Gasteiger partial charge in [-0.05, 0) is 116 Å². The molecule has 0 N–H and O–H groups in total. The predicted molar refractivity (Wildman–Crippen MR) is 279 cm³/mol. The molecule has 0 heterocycles. The van der Waals surface area contributed by atoms with E-state index in [0.717, 1.165) is 154 Å². The highest BCUT2D eigenvalue weighted by atomic mass is 16.6. The molecular formula is C59H96O6. The van der Waals surface area contributed by atoms with Crippen LogP contribution in [0.1, 0.15) is 226 Å². The fourth-order valence-corrected chi connectivity index (χ4v) is 6.84. The van der Waals surface area contributed by atoms with Crippen molar-refractivity contribution in [3.8, 4) is 0 Å². The van der Waals surface area contributed by atoms with Crippen LogP contribution >= 0.6 is 0 Å². The van der Waals surface area contributed by atoms with E-state index in [0.29, 0.717) is 19.3 Å². The van der Waals surface area contributed by atoms with Gasteiger partial charge in [-0.15, -0.1) is 0 Å². The van der Waals surface area contributed by atoms with Crippen molar-refractivity contribution in [3.05, 3.63) is 109 Å². The van der Waals surface area contributed by atoms with Gasteiger partial charge in [0.25, 0.3) is 0 Å². The molecule has 65 heavy (non-hydrogen) atoms. The summed E-state index contributed by atoms with van der Waals surface area (Å²) in [6.07, 6.45) is 70.7. The van der Waals surface area contributed by atoms with Gasteiger partial charge in [-0.2, -0.15) is 0 Å². The Hall–Kier alpha value is -3.93. The van der Waals surface area contributed by atoms with E-state index in [9.17, 15) is 14.4 Å². The Morgan fingerprint density at radius 1 is 0.323 bits per heavy atom. The number of esters is 3. The van der Waals surface area contributed by atoms with Gasteiger partial charge in [0.05, 0.1) is 0 Å². The summed E-state index contributed by atoms with van der Waals surface area (Å²) in [6.45, 7) is 6.30. The average molecular weight is 901 g/mol. The van der Waals surface area contributed by atoms with Crippen molar-refractivity contribution in [1.82, 2.24) is 0 Å². The van der Waals surface area contributed by atoms with Crippen LogP contribution in [0.2, 0.25) is 0 Å². The Morgan fingerprint density at radius 2 is 0.600 bits per heavy atom. The summed E-state index contributed by atoms with van der Waals surface area (Å²) in [7, 11) is 0. The van der Waals surface area contributed by atoms with Crippen molar-refractivity contribution < 1.29 is 28.6 Å². The van der Waals surface area contributed by atoms with Crippen LogP contribution in [0.25, 0.3) is 0 Å². The molecule has 0 aliphatic heterocycles. The first-order chi connectivity index (χ1) is 32.0. The third-order valence-corrected chi connectivity index (χ3v) is 10.7. The normalized spacial score (nSPS) is 13.0. The summed E-state index contributed by atoms with van der Waals surface area (Å²) in [5, 5.41) is 0. The van der Waals surface area contributed by atoms with E-state index in [1.165, 1.54) is 32.1 Å². The van der Waals surface area contributed by atoms with Crippen LogP contribution in [0.5, 0.6) is 0 Å². The molecule has 6 heteroatoms. The van der Waals surface area contributed by atoms with E-state index in [1.54, 1.807) is 0 Å². The quantitative estimate of drug-likeness (QED) is 0.0262. The fraction of sp³-hybridized carbons (Fsp3) is 0.644. The second-order valence-corrected chi connectivity index (χ2v) is 17.0. The highest BCUT2D eigenvalue weighted by Crippen LogP contribution is 2.13. The minimum absolute atomic E-state index is 0.0996. The van der Waals surface area contributed by atoms with Gasteiger partial charge in [-0.1, -0.05) is 201 Å². The summed E-state index contributed by atoms with van der Waals surface area (Å²) in [6, 6.07) is 0. The van der Waals surface area contributed by atoms with Crippen LogP contribution in [0.15, 0.2) is 109 Å². The van der Waals surface area contributed by atoms with Crippen molar-refractivity contribution >= 4 is 17.9 Å². The first-order valence-electron chi connectivity index (χ1n) is 26.4. The van der Waals surface area contributed by atoms with E-state index >= 15 is 0 Å². The Labute approximate surface area is 400 Å². The van der Waals surface area contributed by atoms with Gasteiger partial charge in [0.2, 0.25) is 0 Å². The maximum Gasteiger partial charge on any atom is 0.306 e. The number of carbonyl (C=O) groups excluding carboxylic acids is 3. The van der Waals surface area contributed by atoms with Crippen LogP contribution in [0.3, 0.4) is 0 Å². The molecule has 0 aromatic carbocycles. The maximum absolute atomic E-state index is 12.8. The van der Waals surface area contributed by atoms with Crippen molar-refractivity contribution in [1.29, 1.82) is 0 Å². The van der Waals surface area contributed by atoms with Gasteiger partial charge >= 0.3 is 17.9 Å². The van der Waals surface area contributed by atoms with Crippen molar-refractivity contribution in [2.75, 3.05) is 13.2 Å². The molecule has 0 amide bonds. The smallest absolute Gasteiger partial charge is 0.306 e. The van der Waals surface area contributed by atoms with Gasteiger partial charge < -0.3 is 14.2 Å². The van der Waals surface area contributed by atoms with Gasteiger partial charge in [0.1, 0.15) is 13.2 Å². The molecule has 0 rings (SSSR count). The number of allylic oxidation sites excluding steroid dienone is 18. The molecular weight excluding hydrogens is 805 g/mol. The number of hydrogen-bond acceptors (Lipinski definition) is 6. The lowest BCUT2D eigenvalue weighted by atomic mass is 10.1. The van der Waals surface area contributed by atoms with E-state index in [1.807, 2.05) is 0 Å². The number of unbranched alkanes of at least 4 members (excludes halogenated alkanes) is 17. The second-order valence-electron chi connectivity index (χ2n) is 17.0. The van der Waals surface area contributed by atoms with Crippen molar-refractivity contribution in [3.63, 3.8) is 0 Å².